The molecule has 1 N–H and O–H groups in total. The Morgan fingerprint density at radius 3 is 2.30 bits per heavy atom. The van der Waals surface area contributed by atoms with Crippen LogP contribution in [0.4, 0.5) is 5.69 Å². The molecule has 112 valence electrons. The summed E-state index contributed by atoms with van der Waals surface area (Å²) in [5.41, 5.74) is 0.706. The number of nitrogens with zero attached hydrogens (tertiary/aromatic N) is 1. The van der Waals surface area contributed by atoms with Gasteiger partial charge in [-0.3, -0.25) is 0 Å². The molecule has 0 unspecified atom stereocenters. The van der Waals surface area contributed by atoms with Crippen LogP contribution in [0, 0.1) is 0 Å². The Morgan fingerprint density at radius 2 is 1.65 bits per heavy atom. The van der Waals surface area contributed by atoms with Gasteiger partial charge in [-0.1, -0.05) is 31.4 Å². The van der Waals surface area contributed by atoms with Crippen LogP contribution < -0.4 is 5.32 Å². The van der Waals surface area contributed by atoms with Crippen molar-refractivity contribution >= 4 is 15.7 Å². The molecule has 1 aromatic carbocycles. The monoisotopic (exact) mass is 296 g/mol. The first kappa shape index (κ1) is 15.3. The molecule has 0 atom stereocenters. The van der Waals surface area contributed by atoms with E-state index in [1.807, 2.05) is 19.1 Å². The second-order valence-corrected chi connectivity index (χ2v) is 7.10. The maximum absolute atomic E-state index is 12.8. The number of hydrogen-bond acceptors (Lipinski definition) is 3. The van der Waals surface area contributed by atoms with Crippen molar-refractivity contribution in [1.82, 2.24) is 4.31 Å². The maximum Gasteiger partial charge on any atom is 0.245 e. The Balaban J connectivity index is 2.28. The molecule has 1 saturated heterocycles. The van der Waals surface area contributed by atoms with Crippen LogP contribution in [0.1, 0.15) is 39.0 Å². The quantitative estimate of drug-likeness (QED) is 0.929. The zero-order valence-corrected chi connectivity index (χ0v) is 13.0. The number of nitrogens with one attached hydrogen (secondary N) is 1. The Morgan fingerprint density at radius 1 is 1.05 bits per heavy atom. The normalized spacial score (nSPS) is 18.2. The third kappa shape index (κ3) is 3.52. The number of rotatable bonds is 4. The molecule has 0 radical (unpaired) electrons. The predicted octanol–water partition coefficient (Wildman–Crippen LogP) is 3.07. The molecule has 1 fully saturated rings. The van der Waals surface area contributed by atoms with Crippen molar-refractivity contribution in [2.24, 2.45) is 0 Å². The third-order valence-electron chi connectivity index (χ3n) is 3.69. The molecule has 0 saturated carbocycles. The molecule has 0 amide bonds. The van der Waals surface area contributed by atoms with Crippen LogP contribution >= 0.6 is 0 Å². The lowest BCUT2D eigenvalue weighted by Gasteiger charge is -2.25. The van der Waals surface area contributed by atoms with Gasteiger partial charge in [-0.15, -0.1) is 0 Å². The highest BCUT2D eigenvalue weighted by Crippen LogP contribution is 2.26. The summed E-state index contributed by atoms with van der Waals surface area (Å²) in [6.07, 6.45) is 5.40. The van der Waals surface area contributed by atoms with Crippen molar-refractivity contribution in [2.75, 3.05) is 25.0 Å². The van der Waals surface area contributed by atoms with Gasteiger partial charge in [-0.05, 0) is 31.9 Å². The largest absolute Gasteiger partial charge is 0.384 e. The summed E-state index contributed by atoms with van der Waals surface area (Å²) in [6.45, 7) is 3.97. The van der Waals surface area contributed by atoms with Gasteiger partial charge < -0.3 is 5.32 Å². The minimum Gasteiger partial charge on any atom is -0.384 e. The SMILES string of the molecule is CCNc1ccccc1S(=O)(=O)N1CCCCCCC1. The standard InChI is InChI=1S/C15H24N2O2S/c1-2-16-14-10-6-7-11-15(14)20(18,19)17-12-8-4-3-5-9-13-17/h6-7,10-11,16H,2-5,8-9,12-13H2,1H3. The zero-order chi connectivity index (χ0) is 14.4. The van der Waals surface area contributed by atoms with Crippen molar-refractivity contribution < 1.29 is 8.42 Å². The van der Waals surface area contributed by atoms with Gasteiger partial charge in [0.15, 0.2) is 0 Å². The van der Waals surface area contributed by atoms with Gasteiger partial charge in [0.25, 0.3) is 0 Å². The van der Waals surface area contributed by atoms with Crippen molar-refractivity contribution in [3.8, 4) is 0 Å². The van der Waals surface area contributed by atoms with E-state index in [9.17, 15) is 8.42 Å². The Labute approximate surface area is 122 Å². The lowest BCUT2D eigenvalue weighted by molar-refractivity contribution is 0.364. The lowest BCUT2D eigenvalue weighted by atomic mass is 10.1. The first-order valence-corrected chi connectivity index (χ1v) is 8.93. The lowest BCUT2D eigenvalue weighted by Crippen LogP contribution is -2.34. The van der Waals surface area contributed by atoms with E-state index in [4.69, 9.17) is 0 Å². The molecular weight excluding hydrogens is 272 g/mol. The van der Waals surface area contributed by atoms with E-state index < -0.39 is 10.0 Å². The zero-order valence-electron chi connectivity index (χ0n) is 12.1. The van der Waals surface area contributed by atoms with Gasteiger partial charge in [-0.2, -0.15) is 4.31 Å². The highest BCUT2D eigenvalue weighted by Gasteiger charge is 2.26. The molecule has 1 aromatic rings. The Hall–Kier alpha value is -1.07. The maximum atomic E-state index is 12.8. The van der Waals surface area contributed by atoms with Gasteiger partial charge in [0.1, 0.15) is 4.90 Å². The molecule has 2 rings (SSSR count). The highest BCUT2D eigenvalue weighted by atomic mass is 32.2. The Bertz CT molecular complexity index is 520. The van der Waals surface area contributed by atoms with Crippen molar-refractivity contribution in [3.63, 3.8) is 0 Å². The number of hydrogen-bond donors (Lipinski definition) is 1. The minimum absolute atomic E-state index is 0.405. The topological polar surface area (TPSA) is 49.4 Å². The van der Waals surface area contributed by atoms with E-state index in [0.29, 0.717) is 30.2 Å². The fourth-order valence-electron chi connectivity index (χ4n) is 2.63. The summed E-state index contributed by atoms with van der Waals surface area (Å²) in [7, 11) is -3.38. The van der Waals surface area contributed by atoms with E-state index in [2.05, 4.69) is 5.32 Å². The van der Waals surface area contributed by atoms with Crippen molar-refractivity contribution in [1.29, 1.82) is 0 Å². The summed E-state index contributed by atoms with van der Waals surface area (Å²) >= 11 is 0. The van der Waals surface area contributed by atoms with Crippen LogP contribution in [0.5, 0.6) is 0 Å². The van der Waals surface area contributed by atoms with E-state index in [1.54, 1.807) is 16.4 Å². The fourth-order valence-corrected chi connectivity index (χ4v) is 4.31. The first-order chi connectivity index (χ1) is 9.66. The van der Waals surface area contributed by atoms with Crippen LogP contribution in [0.25, 0.3) is 0 Å². The van der Waals surface area contributed by atoms with E-state index in [0.717, 1.165) is 25.7 Å². The molecule has 20 heavy (non-hydrogen) atoms. The van der Waals surface area contributed by atoms with Gasteiger partial charge >= 0.3 is 0 Å². The molecule has 0 bridgehead atoms. The molecule has 5 heteroatoms. The van der Waals surface area contributed by atoms with Crippen LogP contribution in [0.15, 0.2) is 29.2 Å². The van der Waals surface area contributed by atoms with Gasteiger partial charge in [0.05, 0.1) is 5.69 Å². The van der Waals surface area contributed by atoms with Gasteiger partial charge in [0.2, 0.25) is 10.0 Å². The second kappa shape index (κ2) is 7.09. The van der Waals surface area contributed by atoms with Crippen LogP contribution in [-0.2, 0) is 10.0 Å². The molecule has 1 aliphatic heterocycles. The smallest absolute Gasteiger partial charge is 0.245 e. The summed E-state index contributed by atoms with van der Waals surface area (Å²) in [6, 6.07) is 7.19. The molecule has 0 aromatic heterocycles. The highest BCUT2D eigenvalue weighted by molar-refractivity contribution is 7.89. The second-order valence-electron chi connectivity index (χ2n) is 5.20. The average Bonchev–Trinajstić information content (AvgIpc) is 2.38. The summed E-state index contributed by atoms with van der Waals surface area (Å²) < 4.78 is 27.3. The molecule has 0 aliphatic carbocycles. The fraction of sp³-hybridized carbons (Fsp3) is 0.600. The molecular formula is C15H24N2O2S. The number of para-hydroxylation sites is 1. The van der Waals surface area contributed by atoms with E-state index >= 15 is 0 Å². The van der Waals surface area contributed by atoms with E-state index in [1.165, 1.54) is 6.42 Å². The molecule has 0 spiro atoms. The van der Waals surface area contributed by atoms with Crippen LogP contribution in [0.3, 0.4) is 0 Å². The molecule has 1 heterocycles. The minimum atomic E-state index is -3.38. The third-order valence-corrected chi connectivity index (χ3v) is 5.64. The average molecular weight is 296 g/mol. The number of anilines is 1. The first-order valence-electron chi connectivity index (χ1n) is 7.49. The van der Waals surface area contributed by atoms with Crippen molar-refractivity contribution in [3.05, 3.63) is 24.3 Å². The van der Waals surface area contributed by atoms with Crippen LogP contribution in [0.2, 0.25) is 0 Å². The summed E-state index contributed by atoms with van der Waals surface area (Å²) in [5.74, 6) is 0. The predicted molar refractivity (Wildman–Crippen MR) is 82.4 cm³/mol. The molecule has 4 nitrogen and oxygen atoms in total. The van der Waals surface area contributed by atoms with Gasteiger partial charge in [-0.25, -0.2) is 8.42 Å². The summed E-state index contributed by atoms with van der Waals surface area (Å²) in [4.78, 5) is 0.405. The Kier molecular flexibility index (Phi) is 5.43. The molecule has 1 aliphatic rings. The van der Waals surface area contributed by atoms with Crippen molar-refractivity contribution in [2.45, 2.75) is 43.9 Å². The van der Waals surface area contributed by atoms with Crippen LogP contribution in [-0.4, -0.2) is 32.4 Å². The van der Waals surface area contributed by atoms with Gasteiger partial charge in [0, 0.05) is 19.6 Å². The summed E-state index contributed by atoms with van der Waals surface area (Å²) in [5, 5.41) is 3.14. The number of sulfonamides is 1. The van der Waals surface area contributed by atoms with E-state index in [-0.39, 0.29) is 0 Å². The number of benzene rings is 1.